The second-order valence-electron chi connectivity index (χ2n) is 7.21. The van der Waals surface area contributed by atoms with Crippen molar-refractivity contribution in [3.63, 3.8) is 0 Å². The van der Waals surface area contributed by atoms with Gasteiger partial charge in [0.1, 0.15) is 0 Å². The fourth-order valence-electron chi connectivity index (χ4n) is 3.44. The first-order valence-corrected chi connectivity index (χ1v) is 8.87. The summed E-state index contributed by atoms with van der Waals surface area (Å²) in [7, 11) is 1.92. The van der Waals surface area contributed by atoms with E-state index in [4.69, 9.17) is 10.5 Å². The predicted octanol–water partition coefficient (Wildman–Crippen LogP) is 2.82. The molecule has 0 aromatic heterocycles. The van der Waals surface area contributed by atoms with Crippen molar-refractivity contribution < 1.29 is 19.1 Å². The quantitative estimate of drug-likeness (QED) is 0.638. The lowest BCUT2D eigenvalue weighted by Gasteiger charge is -2.23. The van der Waals surface area contributed by atoms with Crippen LogP contribution in [-0.2, 0) is 14.9 Å². The lowest BCUT2D eigenvalue weighted by Crippen LogP contribution is -2.25. The molecule has 0 bridgehead atoms. The molecule has 0 spiro atoms. The van der Waals surface area contributed by atoms with Crippen molar-refractivity contribution in [2.24, 2.45) is 5.73 Å². The molecule has 3 rings (SSSR count). The van der Waals surface area contributed by atoms with Crippen molar-refractivity contribution in [2.45, 2.75) is 19.3 Å². The van der Waals surface area contributed by atoms with Gasteiger partial charge in [0, 0.05) is 35.5 Å². The Bertz CT molecular complexity index is 974. The summed E-state index contributed by atoms with van der Waals surface area (Å²) in [5.41, 5.74) is 8.43. The van der Waals surface area contributed by atoms with Gasteiger partial charge in [-0.2, -0.15) is 0 Å². The van der Waals surface area contributed by atoms with Crippen LogP contribution in [0.4, 0.5) is 5.69 Å². The number of benzene rings is 2. The van der Waals surface area contributed by atoms with Gasteiger partial charge in [-0.1, -0.05) is 32.0 Å². The Morgan fingerprint density at radius 1 is 1.04 bits per heavy atom. The van der Waals surface area contributed by atoms with E-state index >= 15 is 0 Å². The SMILES string of the molecule is CN1/C(=C/C(=O)COC(=O)c2ccc(C(N)=O)cc2)C(C)(C)c2ccccc21. The molecule has 0 aliphatic carbocycles. The number of nitrogens with two attached hydrogens (primary N) is 1. The highest BCUT2D eigenvalue weighted by atomic mass is 16.5. The summed E-state index contributed by atoms with van der Waals surface area (Å²) < 4.78 is 5.11. The molecular formula is C22H22N2O4. The number of likely N-dealkylation sites (N-methyl/N-ethyl adjacent to an activating group) is 1. The van der Waals surface area contributed by atoms with Crippen LogP contribution in [0.2, 0.25) is 0 Å². The van der Waals surface area contributed by atoms with Crippen molar-refractivity contribution in [1.82, 2.24) is 0 Å². The molecule has 28 heavy (non-hydrogen) atoms. The third-order valence-electron chi connectivity index (χ3n) is 4.99. The van der Waals surface area contributed by atoms with E-state index in [1.165, 1.54) is 30.3 Å². The zero-order valence-corrected chi connectivity index (χ0v) is 16.1. The number of carbonyl (C=O) groups is 3. The predicted molar refractivity (Wildman–Crippen MR) is 106 cm³/mol. The van der Waals surface area contributed by atoms with Crippen LogP contribution in [0.15, 0.2) is 60.3 Å². The van der Waals surface area contributed by atoms with Gasteiger partial charge in [0.2, 0.25) is 5.91 Å². The Balaban J connectivity index is 1.69. The van der Waals surface area contributed by atoms with Crippen molar-refractivity contribution in [1.29, 1.82) is 0 Å². The van der Waals surface area contributed by atoms with E-state index in [2.05, 4.69) is 13.8 Å². The van der Waals surface area contributed by atoms with Gasteiger partial charge >= 0.3 is 5.97 Å². The third kappa shape index (κ3) is 3.53. The Morgan fingerprint density at radius 3 is 2.25 bits per heavy atom. The topological polar surface area (TPSA) is 89.7 Å². The average Bonchev–Trinajstić information content (AvgIpc) is 2.87. The van der Waals surface area contributed by atoms with Gasteiger partial charge < -0.3 is 15.4 Å². The summed E-state index contributed by atoms with van der Waals surface area (Å²) in [6, 6.07) is 13.8. The molecule has 0 saturated carbocycles. The number of hydrogen-bond donors (Lipinski definition) is 1. The molecule has 144 valence electrons. The zero-order chi connectivity index (χ0) is 20.5. The van der Waals surface area contributed by atoms with E-state index in [-0.39, 0.29) is 23.4 Å². The van der Waals surface area contributed by atoms with Crippen LogP contribution in [0.25, 0.3) is 0 Å². The van der Waals surface area contributed by atoms with Crippen LogP contribution < -0.4 is 10.6 Å². The number of anilines is 1. The second kappa shape index (κ2) is 7.31. The molecular weight excluding hydrogens is 356 g/mol. The molecule has 1 aliphatic heterocycles. The Labute approximate surface area is 163 Å². The number of para-hydroxylation sites is 1. The zero-order valence-electron chi connectivity index (χ0n) is 16.1. The maximum absolute atomic E-state index is 12.4. The first kappa shape index (κ1) is 19.4. The summed E-state index contributed by atoms with van der Waals surface area (Å²) in [5.74, 6) is -1.51. The Morgan fingerprint density at radius 2 is 1.64 bits per heavy atom. The molecule has 2 aromatic rings. The first-order valence-electron chi connectivity index (χ1n) is 8.87. The molecule has 0 fully saturated rings. The van der Waals surface area contributed by atoms with Gasteiger partial charge in [0.15, 0.2) is 12.4 Å². The average molecular weight is 378 g/mol. The molecule has 0 saturated heterocycles. The van der Waals surface area contributed by atoms with E-state index in [9.17, 15) is 14.4 Å². The van der Waals surface area contributed by atoms with Gasteiger partial charge in [-0.15, -0.1) is 0 Å². The van der Waals surface area contributed by atoms with Crippen molar-refractivity contribution >= 4 is 23.3 Å². The largest absolute Gasteiger partial charge is 0.454 e. The maximum atomic E-state index is 12.4. The number of hydrogen-bond acceptors (Lipinski definition) is 5. The second-order valence-corrected chi connectivity index (χ2v) is 7.21. The normalized spacial score (nSPS) is 16.0. The maximum Gasteiger partial charge on any atom is 0.338 e. The van der Waals surface area contributed by atoms with Crippen LogP contribution in [0.3, 0.4) is 0 Å². The highest BCUT2D eigenvalue weighted by molar-refractivity contribution is 5.97. The summed E-state index contributed by atoms with van der Waals surface area (Å²) in [6.07, 6.45) is 1.53. The number of carbonyl (C=O) groups excluding carboxylic acids is 3. The van der Waals surface area contributed by atoms with Gasteiger partial charge in [-0.25, -0.2) is 4.79 Å². The molecule has 6 heteroatoms. The van der Waals surface area contributed by atoms with Crippen LogP contribution >= 0.6 is 0 Å². The molecule has 1 heterocycles. The number of allylic oxidation sites excluding steroid dienone is 1. The number of fused-ring (bicyclic) bond motifs is 1. The fourth-order valence-corrected chi connectivity index (χ4v) is 3.44. The Hall–Kier alpha value is -3.41. The molecule has 1 aliphatic rings. The fraction of sp³-hybridized carbons (Fsp3) is 0.227. The number of amides is 1. The summed E-state index contributed by atoms with van der Waals surface area (Å²) in [5, 5.41) is 0. The minimum Gasteiger partial charge on any atom is -0.454 e. The summed E-state index contributed by atoms with van der Waals surface area (Å²) in [6.45, 7) is 3.75. The summed E-state index contributed by atoms with van der Waals surface area (Å²) in [4.78, 5) is 37.6. The number of primary amides is 1. The number of ketones is 1. The van der Waals surface area contributed by atoms with E-state index < -0.39 is 11.9 Å². The van der Waals surface area contributed by atoms with Crippen molar-refractivity contribution in [3.05, 3.63) is 77.0 Å². The van der Waals surface area contributed by atoms with Crippen LogP contribution in [0, 0.1) is 0 Å². The van der Waals surface area contributed by atoms with E-state index in [1.54, 1.807) is 0 Å². The molecule has 0 atom stereocenters. The molecule has 6 nitrogen and oxygen atoms in total. The van der Waals surface area contributed by atoms with Gasteiger partial charge in [0.25, 0.3) is 0 Å². The van der Waals surface area contributed by atoms with Crippen LogP contribution in [-0.4, -0.2) is 31.3 Å². The lowest BCUT2D eigenvalue weighted by atomic mass is 9.83. The molecule has 2 aromatic carbocycles. The van der Waals surface area contributed by atoms with Crippen molar-refractivity contribution in [2.75, 3.05) is 18.6 Å². The van der Waals surface area contributed by atoms with Gasteiger partial charge in [0.05, 0.1) is 5.56 Å². The number of nitrogens with zero attached hydrogens (tertiary/aromatic N) is 1. The van der Waals surface area contributed by atoms with Crippen LogP contribution in [0.5, 0.6) is 0 Å². The Kier molecular flexibility index (Phi) is 5.05. The van der Waals surface area contributed by atoms with Crippen molar-refractivity contribution in [3.8, 4) is 0 Å². The van der Waals surface area contributed by atoms with E-state index in [0.29, 0.717) is 5.56 Å². The molecule has 0 radical (unpaired) electrons. The van der Waals surface area contributed by atoms with E-state index in [1.807, 2.05) is 36.2 Å². The molecule has 1 amide bonds. The minimum atomic E-state index is -0.634. The lowest BCUT2D eigenvalue weighted by molar-refractivity contribution is -0.117. The van der Waals surface area contributed by atoms with Gasteiger partial charge in [-0.3, -0.25) is 9.59 Å². The molecule has 0 unspecified atom stereocenters. The van der Waals surface area contributed by atoms with E-state index in [0.717, 1.165) is 16.9 Å². The standard InChI is InChI=1S/C22H22N2O4/c1-22(2)17-6-4-5-7-18(17)24(3)19(22)12-16(25)13-28-21(27)15-10-8-14(9-11-15)20(23)26/h4-12H,13H2,1-3H3,(H2,23,26)/b19-12+. The number of ether oxygens (including phenoxy) is 1. The number of rotatable bonds is 5. The first-order chi connectivity index (χ1) is 13.2. The minimum absolute atomic E-state index is 0.246. The smallest absolute Gasteiger partial charge is 0.338 e. The van der Waals surface area contributed by atoms with Gasteiger partial charge in [-0.05, 0) is 35.9 Å². The molecule has 2 N–H and O–H groups in total. The third-order valence-corrected chi connectivity index (χ3v) is 4.99. The number of esters is 1. The summed E-state index contributed by atoms with van der Waals surface area (Å²) >= 11 is 0. The highest BCUT2D eigenvalue weighted by Crippen LogP contribution is 2.46. The van der Waals surface area contributed by atoms with Crippen LogP contribution in [0.1, 0.15) is 40.1 Å². The monoisotopic (exact) mass is 378 g/mol. The highest BCUT2D eigenvalue weighted by Gasteiger charge is 2.38.